The largest absolute Gasteiger partial charge is 0.363 e. The van der Waals surface area contributed by atoms with Gasteiger partial charge in [-0.05, 0) is 17.7 Å². The molecule has 0 saturated heterocycles. The Kier molecular flexibility index (Phi) is 5.97. The van der Waals surface area contributed by atoms with E-state index in [0.717, 1.165) is 29.6 Å². The van der Waals surface area contributed by atoms with Gasteiger partial charge in [-0.15, -0.1) is 17.0 Å². The molecule has 1 N–H and O–H groups in total. The zero-order valence-corrected chi connectivity index (χ0v) is 12.4. The Labute approximate surface area is 120 Å². The molecule has 88 valence electrons. The van der Waals surface area contributed by atoms with Crippen LogP contribution in [0.15, 0.2) is 23.2 Å². The molecule has 1 aliphatic heterocycles. The van der Waals surface area contributed by atoms with Crippen molar-refractivity contribution in [3.63, 3.8) is 0 Å². The number of nitrogens with zero attached hydrogens (tertiary/aromatic N) is 1. The second-order valence-corrected chi connectivity index (χ2v) is 4.93. The first-order chi connectivity index (χ1) is 7.25. The number of hydrogen-bond acceptors (Lipinski definition) is 3. The number of benzene rings is 1. The quantitative estimate of drug-likeness (QED) is 0.885. The maximum Gasteiger partial charge on any atom is 0.157 e. The average Bonchev–Trinajstić information content (AvgIpc) is 2.73. The van der Waals surface area contributed by atoms with E-state index in [1.54, 1.807) is 11.8 Å². The second-order valence-electron chi connectivity index (χ2n) is 3.15. The third-order valence-corrected chi connectivity index (χ3v) is 3.77. The molecule has 1 heterocycles. The molecule has 0 saturated carbocycles. The molecule has 2 rings (SSSR count). The van der Waals surface area contributed by atoms with Gasteiger partial charge in [0.25, 0.3) is 0 Å². The number of thioether (sulfide) groups is 1. The van der Waals surface area contributed by atoms with Gasteiger partial charge in [0.1, 0.15) is 0 Å². The fraction of sp³-hybridized carbons (Fsp3) is 0.300. The van der Waals surface area contributed by atoms with Crippen LogP contribution in [-0.4, -0.2) is 18.3 Å². The molecule has 0 fully saturated rings. The van der Waals surface area contributed by atoms with E-state index in [0.29, 0.717) is 10.0 Å². The summed E-state index contributed by atoms with van der Waals surface area (Å²) in [5.74, 6) is 0.864. The van der Waals surface area contributed by atoms with Gasteiger partial charge in [0.15, 0.2) is 5.17 Å². The first-order valence-electron chi connectivity index (χ1n) is 4.61. The van der Waals surface area contributed by atoms with Crippen LogP contribution >= 0.6 is 51.9 Å². The van der Waals surface area contributed by atoms with Crippen molar-refractivity contribution in [1.29, 1.82) is 0 Å². The van der Waals surface area contributed by atoms with Gasteiger partial charge >= 0.3 is 0 Å². The predicted octanol–water partition coefficient (Wildman–Crippen LogP) is 3.76. The number of halogens is 3. The molecule has 0 spiro atoms. The van der Waals surface area contributed by atoms with Crippen molar-refractivity contribution in [2.24, 2.45) is 4.99 Å². The minimum Gasteiger partial charge on any atom is -0.363 e. The van der Waals surface area contributed by atoms with Crippen LogP contribution in [0.2, 0.25) is 10.0 Å². The second kappa shape index (κ2) is 6.74. The highest BCUT2D eigenvalue weighted by Gasteiger charge is 2.06. The molecule has 0 radical (unpaired) electrons. The minimum atomic E-state index is 0. The maximum absolute atomic E-state index is 5.92. The van der Waals surface area contributed by atoms with Gasteiger partial charge in [-0.3, -0.25) is 4.99 Å². The first kappa shape index (κ1) is 14.2. The molecule has 1 aliphatic rings. The highest BCUT2D eigenvalue weighted by atomic mass is 79.9. The monoisotopic (exact) mass is 340 g/mol. The molecule has 0 bridgehead atoms. The van der Waals surface area contributed by atoms with Crippen LogP contribution in [-0.2, 0) is 5.75 Å². The van der Waals surface area contributed by atoms with Crippen LogP contribution in [0.1, 0.15) is 5.56 Å². The predicted molar refractivity (Wildman–Crippen MR) is 78.4 cm³/mol. The summed E-state index contributed by atoms with van der Waals surface area (Å²) in [5, 5.41) is 5.43. The fourth-order valence-corrected chi connectivity index (χ4v) is 2.44. The number of amidine groups is 1. The number of hydrogen-bond donors (Lipinski definition) is 1. The van der Waals surface area contributed by atoms with Crippen LogP contribution in [0.4, 0.5) is 0 Å². The molecule has 2 nitrogen and oxygen atoms in total. The van der Waals surface area contributed by atoms with E-state index in [4.69, 9.17) is 23.2 Å². The summed E-state index contributed by atoms with van der Waals surface area (Å²) in [6.45, 7) is 1.83. The van der Waals surface area contributed by atoms with Crippen molar-refractivity contribution in [1.82, 2.24) is 5.32 Å². The molecule has 0 atom stereocenters. The van der Waals surface area contributed by atoms with Crippen LogP contribution in [0, 0.1) is 0 Å². The Morgan fingerprint density at radius 2 is 2.12 bits per heavy atom. The molecular formula is C10H11BrCl2N2S. The van der Waals surface area contributed by atoms with Gasteiger partial charge in [-0.1, -0.05) is 41.0 Å². The molecule has 16 heavy (non-hydrogen) atoms. The highest BCUT2D eigenvalue weighted by Crippen LogP contribution is 2.24. The summed E-state index contributed by atoms with van der Waals surface area (Å²) in [4.78, 5) is 4.30. The van der Waals surface area contributed by atoms with Crippen LogP contribution in [0.3, 0.4) is 0 Å². The van der Waals surface area contributed by atoms with Crippen molar-refractivity contribution in [3.8, 4) is 0 Å². The van der Waals surface area contributed by atoms with E-state index in [1.807, 2.05) is 18.2 Å². The van der Waals surface area contributed by atoms with Gasteiger partial charge in [0, 0.05) is 12.3 Å². The van der Waals surface area contributed by atoms with Crippen LogP contribution < -0.4 is 5.32 Å². The molecule has 0 aliphatic carbocycles. The first-order valence-corrected chi connectivity index (χ1v) is 6.35. The molecule has 0 amide bonds. The van der Waals surface area contributed by atoms with Gasteiger partial charge in [-0.25, -0.2) is 0 Å². The summed E-state index contributed by atoms with van der Waals surface area (Å²) < 4.78 is 0. The SMILES string of the molecule is Br.Clc1ccc(CSC2=NCCN2)cc1Cl. The van der Waals surface area contributed by atoms with Gasteiger partial charge in [-0.2, -0.15) is 0 Å². The summed E-state index contributed by atoms with van der Waals surface area (Å²) in [5.41, 5.74) is 1.16. The topological polar surface area (TPSA) is 24.4 Å². The molecule has 1 aromatic carbocycles. The molecule has 0 unspecified atom stereocenters. The van der Waals surface area contributed by atoms with E-state index < -0.39 is 0 Å². The van der Waals surface area contributed by atoms with E-state index >= 15 is 0 Å². The van der Waals surface area contributed by atoms with Gasteiger partial charge in [0.05, 0.1) is 16.6 Å². The van der Waals surface area contributed by atoms with E-state index in [-0.39, 0.29) is 17.0 Å². The lowest BCUT2D eigenvalue weighted by Crippen LogP contribution is -2.14. The lowest BCUT2D eigenvalue weighted by Gasteiger charge is -2.03. The van der Waals surface area contributed by atoms with E-state index in [9.17, 15) is 0 Å². The van der Waals surface area contributed by atoms with E-state index in [2.05, 4.69) is 10.3 Å². The summed E-state index contributed by atoms with van der Waals surface area (Å²) >= 11 is 13.4. The molecular weight excluding hydrogens is 331 g/mol. The molecule has 0 aromatic heterocycles. The minimum absolute atomic E-state index is 0. The standard InChI is InChI=1S/C10H10Cl2N2S.BrH/c11-8-2-1-7(5-9(8)12)6-15-10-13-3-4-14-10;/h1-2,5H,3-4,6H2,(H,13,14);1H. The Balaban J connectivity index is 0.00000128. The van der Waals surface area contributed by atoms with Crippen molar-refractivity contribution in [2.75, 3.05) is 13.1 Å². The van der Waals surface area contributed by atoms with Crippen molar-refractivity contribution in [2.45, 2.75) is 5.75 Å². The Morgan fingerprint density at radius 1 is 1.31 bits per heavy atom. The van der Waals surface area contributed by atoms with Crippen LogP contribution in [0.25, 0.3) is 0 Å². The lowest BCUT2D eigenvalue weighted by molar-refractivity contribution is 0.963. The number of aliphatic imine (C=N–C) groups is 1. The van der Waals surface area contributed by atoms with Crippen LogP contribution in [0.5, 0.6) is 0 Å². The third-order valence-electron chi connectivity index (χ3n) is 2.00. The Bertz CT molecular complexity index is 398. The van der Waals surface area contributed by atoms with Crippen molar-refractivity contribution in [3.05, 3.63) is 33.8 Å². The van der Waals surface area contributed by atoms with Gasteiger partial charge in [0.2, 0.25) is 0 Å². The lowest BCUT2D eigenvalue weighted by atomic mass is 10.2. The highest BCUT2D eigenvalue weighted by molar-refractivity contribution is 8.93. The average molecular weight is 342 g/mol. The third kappa shape index (κ3) is 3.84. The molecule has 6 heteroatoms. The number of nitrogens with one attached hydrogen (secondary N) is 1. The summed E-state index contributed by atoms with van der Waals surface area (Å²) in [6.07, 6.45) is 0. The Morgan fingerprint density at radius 3 is 2.75 bits per heavy atom. The normalized spacial score (nSPS) is 14.0. The van der Waals surface area contributed by atoms with Gasteiger partial charge < -0.3 is 5.32 Å². The zero-order chi connectivity index (χ0) is 10.7. The fourth-order valence-electron chi connectivity index (χ4n) is 1.25. The number of rotatable bonds is 2. The Hall–Kier alpha value is 0.1000. The smallest absolute Gasteiger partial charge is 0.157 e. The van der Waals surface area contributed by atoms with Crippen molar-refractivity contribution < 1.29 is 0 Å². The summed E-state index contributed by atoms with van der Waals surface area (Å²) in [7, 11) is 0. The summed E-state index contributed by atoms with van der Waals surface area (Å²) in [6, 6.07) is 5.70. The maximum atomic E-state index is 5.92. The van der Waals surface area contributed by atoms with Crippen molar-refractivity contribution >= 4 is 57.1 Å². The van der Waals surface area contributed by atoms with E-state index in [1.165, 1.54) is 0 Å². The zero-order valence-electron chi connectivity index (χ0n) is 8.37. The molecule has 1 aromatic rings.